The van der Waals surface area contributed by atoms with E-state index < -0.39 is 24.0 Å². The summed E-state index contributed by atoms with van der Waals surface area (Å²) in [5.41, 5.74) is 0. The Morgan fingerprint density at radius 2 is 2.00 bits per heavy atom. The predicted octanol–water partition coefficient (Wildman–Crippen LogP) is 1.64. The number of nitrogens with one attached hydrogen (secondary N) is 1. The highest BCUT2D eigenvalue weighted by Gasteiger charge is 2.29. The maximum Gasteiger partial charge on any atom is 0.407 e. The molecule has 0 rings (SSSR count). The van der Waals surface area contributed by atoms with Crippen LogP contribution >= 0.6 is 0 Å². The molecule has 5 nitrogen and oxygen atoms in total. The molecule has 0 aliphatic rings. The van der Waals surface area contributed by atoms with E-state index in [4.69, 9.17) is 9.84 Å². The van der Waals surface area contributed by atoms with Gasteiger partial charge in [0.25, 0.3) is 0 Å². The quantitative estimate of drug-likeness (QED) is 0.679. The van der Waals surface area contributed by atoms with Crippen LogP contribution in [0.1, 0.15) is 20.8 Å². The summed E-state index contributed by atoms with van der Waals surface area (Å²) in [7, 11) is 0. The molecule has 16 heavy (non-hydrogen) atoms. The normalized spacial score (nSPS) is 14.0. The van der Waals surface area contributed by atoms with Crippen LogP contribution in [-0.4, -0.2) is 29.8 Å². The molecule has 0 fully saturated rings. The lowest BCUT2D eigenvalue weighted by Crippen LogP contribution is -2.43. The van der Waals surface area contributed by atoms with Crippen molar-refractivity contribution < 1.29 is 19.4 Å². The first-order valence-electron chi connectivity index (χ1n) is 5.17. The Morgan fingerprint density at radius 1 is 1.44 bits per heavy atom. The fourth-order valence-electron chi connectivity index (χ4n) is 1.53. The van der Waals surface area contributed by atoms with E-state index in [9.17, 15) is 9.59 Å². The second-order valence-corrected chi connectivity index (χ2v) is 3.93. The third kappa shape index (κ3) is 4.82. The fraction of sp³-hybridized carbons (Fsp3) is 0.636. The summed E-state index contributed by atoms with van der Waals surface area (Å²) in [6.45, 7) is 8.76. The van der Waals surface area contributed by atoms with Crippen LogP contribution in [0.15, 0.2) is 12.7 Å². The predicted molar refractivity (Wildman–Crippen MR) is 60.1 cm³/mol. The van der Waals surface area contributed by atoms with E-state index >= 15 is 0 Å². The standard InChI is InChI=1S/C11H19NO4/c1-5-6-16-11(15)12-8(4)9(7(2)3)10(13)14/h5,7-9H,1,6H2,2-4H3,(H,12,15)(H,13,14). The third-order valence-electron chi connectivity index (χ3n) is 2.22. The van der Waals surface area contributed by atoms with Crippen molar-refractivity contribution in [1.29, 1.82) is 0 Å². The van der Waals surface area contributed by atoms with Crippen molar-refractivity contribution in [2.75, 3.05) is 6.61 Å². The number of carboxylic acid groups (broad SMARTS) is 1. The molecule has 2 atom stereocenters. The number of hydrogen-bond acceptors (Lipinski definition) is 3. The van der Waals surface area contributed by atoms with E-state index in [0.717, 1.165) is 0 Å². The van der Waals surface area contributed by atoms with Crippen molar-refractivity contribution in [3.63, 3.8) is 0 Å². The van der Waals surface area contributed by atoms with Gasteiger partial charge in [0.15, 0.2) is 0 Å². The summed E-state index contributed by atoms with van der Waals surface area (Å²) < 4.78 is 4.71. The van der Waals surface area contributed by atoms with Crippen LogP contribution < -0.4 is 5.32 Å². The number of carbonyl (C=O) groups excluding carboxylic acids is 1. The monoisotopic (exact) mass is 229 g/mol. The molecule has 2 N–H and O–H groups in total. The molecule has 0 heterocycles. The Kier molecular flexibility index (Phi) is 6.22. The molecular formula is C11H19NO4. The van der Waals surface area contributed by atoms with Gasteiger partial charge in [0.1, 0.15) is 6.61 Å². The molecule has 0 aliphatic heterocycles. The number of aliphatic carboxylic acids is 1. The van der Waals surface area contributed by atoms with E-state index in [1.807, 2.05) is 0 Å². The van der Waals surface area contributed by atoms with Gasteiger partial charge in [-0.05, 0) is 12.8 Å². The molecule has 0 aliphatic carbocycles. The molecule has 0 aromatic rings. The van der Waals surface area contributed by atoms with Gasteiger partial charge in [0, 0.05) is 6.04 Å². The zero-order chi connectivity index (χ0) is 12.7. The highest BCUT2D eigenvalue weighted by molar-refractivity contribution is 5.73. The molecule has 1 amide bonds. The van der Waals surface area contributed by atoms with Crippen LogP contribution in [0.4, 0.5) is 4.79 Å². The summed E-state index contributed by atoms with van der Waals surface area (Å²) in [6.07, 6.45) is 0.820. The minimum absolute atomic E-state index is 0.0628. The first kappa shape index (κ1) is 14.5. The number of hydrogen-bond donors (Lipinski definition) is 2. The van der Waals surface area contributed by atoms with Gasteiger partial charge in [-0.1, -0.05) is 26.5 Å². The van der Waals surface area contributed by atoms with Crippen molar-refractivity contribution in [3.05, 3.63) is 12.7 Å². The van der Waals surface area contributed by atoms with Crippen molar-refractivity contribution in [2.45, 2.75) is 26.8 Å². The molecule has 2 unspecified atom stereocenters. The van der Waals surface area contributed by atoms with E-state index in [1.165, 1.54) is 6.08 Å². The average Bonchev–Trinajstić information content (AvgIpc) is 2.13. The molecule has 0 aromatic heterocycles. The number of rotatable bonds is 6. The lowest BCUT2D eigenvalue weighted by molar-refractivity contribution is -0.144. The van der Waals surface area contributed by atoms with Crippen molar-refractivity contribution in [3.8, 4) is 0 Å². The maximum absolute atomic E-state index is 11.2. The maximum atomic E-state index is 11.2. The molecule has 0 saturated heterocycles. The van der Waals surface area contributed by atoms with Crippen LogP contribution in [0.2, 0.25) is 0 Å². The topological polar surface area (TPSA) is 75.6 Å². The highest BCUT2D eigenvalue weighted by Crippen LogP contribution is 2.15. The third-order valence-corrected chi connectivity index (χ3v) is 2.22. The zero-order valence-corrected chi connectivity index (χ0v) is 9.90. The Balaban J connectivity index is 4.30. The van der Waals surface area contributed by atoms with Gasteiger partial charge < -0.3 is 15.2 Å². The van der Waals surface area contributed by atoms with Crippen LogP contribution in [0.3, 0.4) is 0 Å². The summed E-state index contributed by atoms with van der Waals surface area (Å²) >= 11 is 0. The smallest absolute Gasteiger partial charge is 0.407 e. The van der Waals surface area contributed by atoms with Gasteiger partial charge in [0.2, 0.25) is 0 Å². The molecular weight excluding hydrogens is 210 g/mol. The number of carboxylic acids is 1. The minimum Gasteiger partial charge on any atom is -0.481 e. The summed E-state index contributed by atoms with van der Waals surface area (Å²) in [6, 6.07) is -0.477. The van der Waals surface area contributed by atoms with Crippen LogP contribution in [0, 0.1) is 11.8 Å². The molecule has 0 aromatic carbocycles. The van der Waals surface area contributed by atoms with E-state index in [-0.39, 0.29) is 12.5 Å². The Hall–Kier alpha value is -1.52. The number of ether oxygens (including phenoxy) is 1. The number of alkyl carbamates (subject to hydrolysis) is 1. The summed E-state index contributed by atoms with van der Waals surface area (Å²) in [4.78, 5) is 22.2. The number of amides is 1. The SMILES string of the molecule is C=CCOC(=O)NC(C)C(C(=O)O)C(C)C. The van der Waals surface area contributed by atoms with Crippen molar-refractivity contribution >= 4 is 12.1 Å². The first-order chi connectivity index (χ1) is 7.40. The van der Waals surface area contributed by atoms with Gasteiger partial charge >= 0.3 is 12.1 Å². The fourth-order valence-corrected chi connectivity index (χ4v) is 1.53. The van der Waals surface area contributed by atoms with Gasteiger partial charge in [-0.15, -0.1) is 0 Å². The highest BCUT2D eigenvalue weighted by atomic mass is 16.5. The Bertz CT molecular complexity index is 263. The summed E-state index contributed by atoms with van der Waals surface area (Å²) in [5, 5.41) is 11.5. The van der Waals surface area contributed by atoms with E-state index in [1.54, 1.807) is 20.8 Å². The second-order valence-electron chi connectivity index (χ2n) is 3.93. The lowest BCUT2D eigenvalue weighted by atomic mass is 9.89. The second kappa shape index (κ2) is 6.87. The number of carbonyl (C=O) groups is 2. The lowest BCUT2D eigenvalue weighted by Gasteiger charge is -2.23. The Morgan fingerprint density at radius 3 is 2.38 bits per heavy atom. The van der Waals surface area contributed by atoms with Gasteiger partial charge in [0.05, 0.1) is 5.92 Å². The largest absolute Gasteiger partial charge is 0.481 e. The van der Waals surface area contributed by atoms with Gasteiger partial charge in [-0.2, -0.15) is 0 Å². The molecule has 0 bridgehead atoms. The minimum atomic E-state index is -0.925. The van der Waals surface area contributed by atoms with Gasteiger partial charge in [-0.3, -0.25) is 4.79 Å². The van der Waals surface area contributed by atoms with Crippen LogP contribution in [0.25, 0.3) is 0 Å². The molecule has 92 valence electrons. The van der Waals surface area contributed by atoms with E-state index in [2.05, 4.69) is 11.9 Å². The molecule has 0 radical (unpaired) electrons. The molecule has 0 saturated carbocycles. The van der Waals surface area contributed by atoms with Crippen molar-refractivity contribution in [2.24, 2.45) is 11.8 Å². The van der Waals surface area contributed by atoms with E-state index in [0.29, 0.717) is 0 Å². The molecule has 5 heteroatoms. The average molecular weight is 229 g/mol. The van der Waals surface area contributed by atoms with Gasteiger partial charge in [-0.25, -0.2) is 4.79 Å². The van der Waals surface area contributed by atoms with Crippen molar-refractivity contribution in [1.82, 2.24) is 5.32 Å². The zero-order valence-electron chi connectivity index (χ0n) is 9.90. The molecule has 0 spiro atoms. The van der Waals surface area contributed by atoms with Crippen LogP contribution in [0.5, 0.6) is 0 Å². The first-order valence-corrected chi connectivity index (χ1v) is 5.17. The summed E-state index contributed by atoms with van der Waals surface area (Å²) in [5.74, 6) is -1.62. The van der Waals surface area contributed by atoms with Crippen LogP contribution in [-0.2, 0) is 9.53 Å². The Labute approximate surface area is 95.5 Å².